The Labute approximate surface area is 197 Å². The van der Waals surface area contributed by atoms with Crippen LogP contribution in [0.2, 0.25) is 0 Å². The Hall–Kier alpha value is -3.33. The Bertz CT molecular complexity index is 1110. The van der Waals surface area contributed by atoms with Crippen molar-refractivity contribution in [2.45, 2.75) is 25.8 Å². The maximum atomic E-state index is 13.3. The van der Waals surface area contributed by atoms with E-state index in [0.717, 1.165) is 34.6 Å². The van der Waals surface area contributed by atoms with E-state index in [0.29, 0.717) is 31.2 Å². The van der Waals surface area contributed by atoms with E-state index in [1.165, 1.54) is 17.6 Å². The summed E-state index contributed by atoms with van der Waals surface area (Å²) in [4.78, 5) is 38.0. The van der Waals surface area contributed by atoms with Gasteiger partial charge in [0.2, 0.25) is 5.91 Å². The van der Waals surface area contributed by atoms with Crippen molar-refractivity contribution in [3.63, 3.8) is 0 Å². The van der Waals surface area contributed by atoms with Crippen LogP contribution in [0.1, 0.15) is 39.5 Å². The van der Waals surface area contributed by atoms with E-state index in [9.17, 15) is 9.59 Å². The number of pyridine rings is 1. The predicted octanol–water partition coefficient (Wildman–Crippen LogP) is 3.12. The van der Waals surface area contributed by atoms with Crippen LogP contribution in [0.25, 0.3) is 5.57 Å². The molecule has 0 radical (unpaired) electrons. The zero-order chi connectivity index (χ0) is 23.4. The van der Waals surface area contributed by atoms with Crippen LogP contribution in [0.3, 0.4) is 0 Å². The lowest BCUT2D eigenvalue weighted by atomic mass is 9.81. The van der Waals surface area contributed by atoms with Gasteiger partial charge in [0.1, 0.15) is 5.69 Å². The molecule has 1 atom stereocenters. The number of nitrogens with zero attached hydrogens (tertiary/aromatic N) is 3. The molecule has 1 saturated heterocycles. The first-order chi connectivity index (χ1) is 16.0. The number of thiophene rings is 1. The van der Waals surface area contributed by atoms with E-state index >= 15 is 0 Å². The van der Waals surface area contributed by atoms with E-state index in [-0.39, 0.29) is 17.5 Å². The fourth-order valence-corrected chi connectivity index (χ4v) is 5.40. The van der Waals surface area contributed by atoms with Gasteiger partial charge in [0, 0.05) is 53.2 Å². The molecule has 3 N–H and O–H groups in total. The Morgan fingerprint density at radius 3 is 2.94 bits per heavy atom. The molecule has 1 aliphatic carbocycles. The zero-order valence-electron chi connectivity index (χ0n) is 18.6. The second-order valence-corrected chi connectivity index (χ2v) is 9.57. The third-order valence-corrected chi connectivity index (χ3v) is 7.45. The SMILES string of the molecule is C=NC[C@@]1(C2CC2)CCN(c2ccnc(C(=O)NCc3ccc(/C(C=N)=C/NC)s3)c2)C1=O. The van der Waals surface area contributed by atoms with Crippen molar-refractivity contribution >= 4 is 47.3 Å². The van der Waals surface area contributed by atoms with Crippen molar-refractivity contribution in [1.82, 2.24) is 15.6 Å². The number of rotatable bonds is 10. The van der Waals surface area contributed by atoms with Crippen LogP contribution < -0.4 is 15.5 Å². The van der Waals surface area contributed by atoms with Crippen molar-refractivity contribution in [2.75, 3.05) is 25.0 Å². The van der Waals surface area contributed by atoms with Crippen molar-refractivity contribution in [3.05, 3.63) is 52.1 Å². The molecule has 0 unspecified atom stereocenters. The van der Waals surface area contributed by atoms with Crippen LogP contribution in [0.15, 0.2) is 41.7 Å². The van der Waals surface area contributed by atoms with E-state index in [4.69, 9.17) is 5.41 Å². The standard InChI is InChI=1S/C24H28N6O2S/c1-26-13-16(12-25)21-6-5-19(33-21)14-29-22(31)20-11-18(7-9-28-20)30-10-8-24(15-27-2,23(30)32)17-3-4-17/h5-7,9,11-13,17,25-26H,2-4,8,10,14-15H2,1H3,(H,29,31)/b16-13+,25-12?/t24-/m1/s1. The molecular formula is C24H28N6O2S. The molecule has 0 spiro atoms. The molecule has 9 heteroatoms. The van der Waals surface area contributed by atoms with Crippen LogP contribution in [0.5, 0.6) is 0 Å². The molecule has 4 rings (SSSR count). The summed E-state index contributed by atoms with van der Waals surface area (Å²) in [5.74, 6) is 0.173. The number of hydrogen-bond acceptors (Lipinski definition) is 7. The molecular weight excluding hydrogens is 436 g/mol. The first-order valence-electron chi connectivity index (χ1n) is 11.0. The van der Waals surface area contributed by atoms with E-state index < -0.39 is 5.41 Å². The topological polar surface area (TPSA) is 111 Å². The van der Waals surface area contributed by atoms with Crippen molar-refractivity contribution in [1.29, 1.82) is 5.41 Å². The number of allylic oxidation sites excluding steroid dienone is 1. The summed E-state index contributed by atoms with van der Waals surface area (Å²) in [5, 5.41) is 13.4. The Balaban J connectivity index is 1.43. The number of aromatic nitrogens is 1. The van der Waals surface area contributed by atoms with Crippen LogP contribution in [0, 0.1) is 16.7 Å². The van der Waals surface area contributed by atoms with E-state index in [1.807, 2.05) is 12.1 Å². The summed E-state index contributed by atoms with van der Waals surface area (Å²) in [5.41, 5.74) is 1.30. The summed E-state index contributed by atoms with van der Waals surface area (Å²) in [6.45, 7) is 5.05. The summed E-state index contributed by atoms with van der Waals surface area (Å²) in [7, 11) is 1.79. The van der Waals surface area contributed by atoms with Gasteiger partial charge in [0.05, 0.1) is 18.5 Å². The Morgan fingerprint density at radius 2 is 2.24 bits per heavy atom. The average Bonchev–Trinajstić information content (AvgIpc) is 3.50. The smallest absolute Gasteiger partial charge is 0.270 e. The quantitative estimate of drug-likeness (QED) is 0.469. The first-order valence-corrected chi connectivity index (χ1v) is 11.8. The van der Waals surface area contributed by atoms with Gasteiger partial charge < -0.3 is 20.9 Å². The molecule has 0 aromatic carbocycles. The number of hydrogen-bond donors (Lipinski definition) is 3. The third kappa shape index (κ3) is 4.59. The highest BCUT2D eigenvalue weighted by Crippen LogP contribution is 2.52. The maximum absolute atomic E-state index is 13.3. The highest BCUT2D eigenvalue weighted by molar-refractivity contribution is 7.13. The van der Waals surface area contributed by atoms with Gasteiger partial charge in [0.15, 0.2) is 0 Å². The maximum Gasteiger partial charge on any atom is 0.270 e. The van der Waals surface area contributed by atoms with Crippen molar-refractivity contribution in [2.24, 2.45) is 16.3 Å². The molecule has 1 aliphatic heterocycles. The summed E-state index contributed by atoms with van der Waals surface area (Å²) in [6.07, 6.45) is 7.52. The van der Waals surface area contributed by atoms with Gasteiger partial charge >= 0.3 is 0 Å². The number of nitrogens with one attached hydrogen (secondary N) is 3. The van der Waals surface area contributed by atoms with Crippen molar-refractivity contribution in [3.8, 4) is 0 Å². The zero-order valence-corrected chi connectivity index (χ0v) is 19.5. The van der Waals surface area contributed by atoms with Gasteiger partial charge in [-0.15, -0.1) is 11.3 Å². The second kappa shape index (κ2) is 9.66. The van der Waals surface area contributed by atoms with Crippen molar-refractivity contribution < 1.29 is 9.59 Å². The molecule has 2 aromatic rings. The fourth-order valence-electron chi connectivity index (χ4n) is 4.46. The van der Waals surface area contributed by atoms with Gasteiger partial charge in [-0.05, 0) is 56.2 Å². The molecule has 1 saturated carbocycles. The average molecular weight is 465 g/mol. The van der Waals surface area contributed by atoms with Gasteiger partial charge in [-0.3, -0.25) is 19.6 Å². The molecule has 33 heavy (non-hydrogen) atoms. The van der Waals surface area contributed by atoms with Gasteiger partial charge in [-0.25, -0.2) is 0 Å². The monoisotopic (exact) mass is 464 g/mol. The Kier molecular flexibility index (Phi) is 6.69. The minimum Gasteiger partial charge on any atom is -0.393 e. The third-order valence-electron chi connectivity index (χ3n) is 6.32. The molecule has 2 aliphatic rings. The number of carbonyl (C=O) groups excluding carboxylic acids is 2. The molecule has 2 aromatic heterocycles. The largest absolute Gasteiger partial charge is 0.393 e. The molecule has 172 valence electrons. The predicted molar refractivity (Wildman–Crippen MR) is 132 cm³/mol. The highest BCUT2D eigenvalue weighted by atomic mass is 32.1. The molecule has 3 heterocycles. The molecule has 8 nitrogen and oxygen atoms in total. The number of carbonyl (C=O) groups is 2. The van der Waals surface area contributed by atoms with Crippen LogP contribution in [0.4, 0.5) is 5.69 Å². The number of anilines is 1. The lowest BCUT2D eigenvalue weighted by Gasteiger charge is -2.26. The Morgan fingerprint density at radius 1 is 1.42 bits per heavy atom. The first kappa shape index (κ1) is 22.8. The molecule has 2 amide bonds. The minimum atomic E-state index is -0.443. The fraction of sp³-hybridized carbons (Fsp3) is 0.375. The van der Waals surface area contributed by atoms with Crippen LogP contribution in [-0.4, -0.2) is 49.9 Å². The lowest BCUT2D eigenvalue weighted by molar-refractivity contribution is -0.126. The number of aliphatic imine (C=N–C) groups is 1. The summed E-state index contributed by atoms with van der Waals surface area (Å²) >= 11 is 1.52. The van der Waals surface area contributed by atoms with E-state index in [1.54, 1.807) is 36.5 Å². The molecule has 0 bridgehead atoms. The molecule has 2 fully saturated rings. The van der Waals surface area contributed by atoms with E-state index in [2.05, 4.69) is 27.3 Å². The minimum absolute atomic E-state index is 0.0812. The van der Waals surface area contributed by atoms with Crippen LogP contribution in [-0.2, 0) is 11.3 Å². The summed E-state index contributed by atoms with van der Waals surface area (Å²) < 4.78 is 0. The van der Waals surface area contributed by atoms with Gasteiger partial charge in [-0.1, -0.05) is 0 Å². The second-order valence-electron chi connectivity index (χ2n) is 8.40. The summed E-state index contributed by atoms with van der Waals surface area (Å²) in [6, 6.07) is 7.32. The number of amides is 2. The normalized spacial score (nSPS) is 20.6. The van der Waals surface area contributed by atoms with Gasteiger partial charge in [-0.2, -0.15) is 0 Å². The lowest BCUT2D eigenvalue weighted by Crippen LogP contribution is -2.38. The van der Waals surface area contributed by atoms with Gasteiger partial charge in [0.25, 0.3) is 5.91 Å². The van der Waals surface area contributed by atoms with Crippen LogP contribution >= 0.6 is 11.3 Å². The highest BCUT2D eigenvalue weighted by Gasteiger charge is 2.55.